The molecule has 0 unspecified atom stereocenters. The highest BCUT2D eigenvalue weighted by atomic mass is 15.1. The number of imidazole rings is 1. The Morgan fingerprint density at radius 1 is 1.50 bits per heavy atom. The molecule has 0 aromatic carbocycles. The molecule has 4 heteroatoms. The number of hydrogen-bond acceptors (Lipinski definition) is 3. The van der Waals surface area contributed by atoms with Crippen molar-refractivity contribution in [2.45, 2.75) is 0 Å². The number of rotatable bonds is 1. The molecule has 0 saturated carbocycles. The number of H-pyrrole nitrogens is 1. The maximum Gasteiger partial charge on any atom is 0.146 e. The Labute approximate surface area is 58.4 Å². The number of aromatic amines is 1. The van der Waals surface area contributed by atoms with Gasteiger partial charge in [-0.2, -0.15) is 0 Å². The van der Waals surface area contributed by atoms with Crippen molar-refractivity contribution in [2.75, 3.05) is 13.1 Å². The van der Waals surface area contributed by atoms with Crippen LogP contribution in [0.25, 0.3) is 0 Å². The van der Waals surface area contributed by atoms with Crippen molar-refractivity contribution >= 4 is 5.84 Å². The van der Waals surface area contributed by atoms with Crippen LogP contribution in [0.4, 0.5) is 0 Å². The van der Waals surface area contributed by atoms with Gasteiger partial charge < -0.3 is 10.3 Å². The van der Waals surface area contributed by atoms with E-state index in [1.54, 1.807) is 12.5 Å². The van der Waals surface area contributed by atoms with Gasteiger partial charge in [0.05, 0.1) is 19.1 Å². The van der Waals surface area contributed by atoms with Crippen LogP contribution < -0.4 is 5.32 Å². The highest BCUT2D eigenvalue weighted by molar-refractivity contribution is 5.97. The maximum absolute atomic E-state index is 4.21. The lowest BCUT2D eigenvalue weighted by atomic mass is 10.4. The summed E-state index contributed by atoms with van der Waals surface area (Å²) in [6.07, 6.45) is 3.41. The fraction of sp³-hybridized carbons (Fsp3) is 0.333. The third-order valence-electron chi connectivity index (χ3n) is 1.43. The molecule has 2 rings (SSSR count). The summed E-state index contributed by atoms with van der Waals surface area (Å²) in [5.74, 6) is 0.928. The Kier molecular flexibility index (Phi) is 1.16. The first-order chi connectivity index (χ1) is 4.97. The normalized spacial score (nSPS) is 16.6. The summed E-state index contributed by atoms with van der Waals surface area (Å²) < 4.78 is 0. The van der Waals surface area contributed by atoms with Crippen LogP contribution in [0.3, 0.4) is 0 Å². The monoisotopic (exact) mass is 136 g/mol. The van der Waals surface area contributed by atoms with Gasteiger partial charge in [-0.3, -0.25) is 4.99 Å². The third kappa shape index (κ3) is 0.775. The second-order valence-electron chi connectivity index (χ2n) is 2.12. The number of aliphatic imine (C=N–C) groups is 1. The van der Waals surface area contributed by atoms with E-state index in [0.29, 0.717) is 0 Å². The minimum absolute atomic E-state index is 0.869. The van der Waals surface area contributed by atoms with Gasteiger partial charge in [0.25, 0.3) is 0 Å². The average molecular weight is 136 g/mol. The molecule has 52 valence electrons. The van der Waals surface area contributed by atoms with Crippen molar-refractivity contribution in [3.8, 4) is 0 Å². The summed E-state index contributed by atoms with van der Waals surface area (Å²) in [6.45, 7) is 1.81. The fourth-order valence-corrected chi connectivity index (χ4v) is 0.964. The second-order valence-corrected chi connectivity index (χ2v) is 2.12. The topological polar surface area (TPSA) is 53.1 Å². The van der Waals surface area contributed by atoms with E-state index >= 15 is 0 Å². The van der Waals surface area contributed by atoms with E-state index in [9.17, 15) is 0 Å². The summed E-state index contributed by atoms with van der Waals surface area (Å²) in [7, 11) is 0. The summed E-state index contributed by atoms with van der Waals surface area (Å²) in [5.41, 5.74) is 0.970. The largest absolute Gasteiger partial charge is 0.367 e. The van der Waals surface area contributed by atoms with Crippen LogP contribution in [-0.4, -0.2) is 28.9 Å². The highest BCUT2D eigenvalue weighted by Gasteiger charge is 2.07. The predicted molar refractivity (Wildman–Crippen MR) is 38.0 cm³/mol. The number of amidine groups is 1. The van der Waals surface area contributed by atoms with Gasteiger partial charge in [-0.25, -0.2) is 4.98 Å². The van der Waals surface area contributed by atoms with Gasteiger partial charge in [0.15, 0.2) is 0 Å². The minimum atomic E-state index is 0.869. The van der Waals surface area contributed by atoms with Crippen LogP contribution in [0.15, 0.2) is 17.5 Å². The van der Waals surface area contributed by atoms with Crippen molar-refractivity contribution in [2.24, 2.45) is 4.99 Å². The second kappa shape index (κ2) is 2.13. The number of nitrogens with one attached hydrogen (secondary N) is 2. The van der Waals surface area contributed by atoms with Gasteiger partial charge >= 0.3 is 0 Å². The molecule has 1 aliphatic heterocycles. The van der Waals surface area contributed by atoms with Gasteiger partial charge in [0, 0.05) is 6.54 Å². The number of nitrogens with zero attached hydrogens (tertiary/aromatic N) is 2. The number of hydrogen-bond donors (Lipinski definition) is 2. The van der Waals surface area contributed by atoms with Crippen molar-refractivity contribution in [3.05, 3.63) is 18.2 Å². The van der Waals surface area contributed by atoms with Gasteiger partial charge in [-0.05, 0) is 0 Å². The molecule has 0 spiro atoms. The molecular weight excluding hydrogens is 128 g/mol. The first-order valence-corrected chi connectivity index (χ1v) is 3.24. The van der Waals surface area contributed by atoms with Crippen LogP contribution in [0.5, 0.6) is 0 Å². The van der Waals surface area contributed by atoms with E-state index in [1.165, 1.54) is 0 Å². The first kappa shape index (κ1) is 5.46. The molecule has 10 heavy (non-hydrogen) atoms. The van der Waals surface area contributed by atoms with Gasteiger partial charge in [0.2, 0.25) is 0 Å². The lowest BCUT2D eigenvalue weighted by molar-refractivity contribution is 0.959. The molecule has 0 fully saturated rings. The molecule has 1 aromatic heterocycles. The molecule has 0 aliphatic carbocycles. The molecule has 1 aliphatic rings. The lowest BCUT2D eigenvalue weighted by Gasteiger charge is -1.94. The van der Waals surface area contributed by atoms with Crippen LogP contribution in [0.1, 0.15) is 5.69 Å². The van der Waals surface area contributed by atoms with Crippen molar-refractivity contribution in [3.63, 3.8) is 0 Å². The van der Waals surface area contributed by atoms with Crippen LogP contribution in [0.2, 0.25) is 0 Å². The quantitative estimate of drug-likeness (QED) is 0.559. The first-order valence-electron chi connectivity index (χ1n) is 3.24. The molecule has 1 aromatic rings. The standard InChI is InChI=1S/C6H8N4/c1-2-9-6(8-1)5-3-7-4-10-5/h3-4H,1-2H2,(H,7,10)(H,8,9). The SMILES string of the molecule is c1ncc(C2=NCCN2)[nH]1. The lowest BCUT2D eigenvalue weighted by Crippen LogP contribution is -2.19. The van der Waals surface area contributed by atoms with E-state index in [0.717, 1.165) is 24.6 Å². The van der Waals surface area contributed by atoms with E-state index in [1.807, 2.05) is 0 Å². The zero-order valence-electron chi connectivity index (χ0n) is 5.46. The minimum Gasteiger partial charge on any atom is -0.367 e. The van der Waals surface area contributed by atoms with Gasteiger partial charge in [-0.1, -0.05) is 0 Å². The Balaban J connectivity index is 2.28. The fourth-order valence-electron chi connectivity index (χ4n) is 0.964. The summed E-state index contributed by atoms with van der Waals surface area (Å²) in [4.78, 5) is 11.1. The highest BCUT2D eigenvalue weighted by Crippen LogP contribution is 1.95. The average Bonchev–Trinajstić information content (AvgIpc) is 2.59. The Morgan fingerprint density at radius 2 is 2.50 bits per heavy atom. The molecule has 0 radical (unpaired) electrons. The molecule has 4 nitrogen and oxygen atoms in total. The van der Waals surface area contributed by atoms with Crippen molar-refractivity contribution in [1.29, 1.82) is 0 Å². The smallest absolute Gasteiger partial charge is 0.146 e. The van der Waals surface area contributed by atoms with Crippen LogP contribution in [-0.2, 0) is 0 Å². The maximum atomic E-state index is 4.21. The Morgan fingerprint density at radius 3 is 3.10 bits per heavy atom. The Bertz CT molecular complexity index is 236. The zero-order chi connectivity index (χ0) is 6.81. The predicted octanol–water partition coefficient (Wildman–Crippen LogP) is -0.241. The van der Waals surface area contributed by atoms with Crippen LogP contribution >= 0.6 is 0 Å². The summed E-state index contributed by atoms with van der Waals surface area (Å²) in [5, 5.41) is 3.14. The summed E-state index contributed by atoms with van der Waals surface area (Å²) in [6, 6.07) is 0. The summed E-state index contributed by atoms with van der Waals surface area (Å²) >= 11 is 0. The van der Waals surface area contributed by atoms with E-state index in [2.05, 4.69) is 20.3 Å². The van der Waals surface area contributed by atoms with E-state index in [4.69, 9.17) is 0 Å². The van der Waals surface area contributed by atoms with Crippen LogP contribution in [0, 0.1) is 0 Å². The van der Waals surface area contributed by atoms with E-state index in [-0.39, 0.29) is 0 Å². The van der Waals surface area contributed by atoms with Crippen molar-refractivity contribution < 1.29 is 0 Å². The molecule has 0 saturated heterocycles. The van der Waals surface area contributed by atoms with E-state index < -0.39 is 0 Å². The zero-order valence-corrected chi connectivity index (χ0v) is 5.46. The molecule has 2 N–H and O–H groups in total. The molecular formula is C6H8N4. The molecule has 0 atom stereocenters. The third-order valence-corrected chi connectivity index (χ3v) is 1.43. The van der Waals surface area contributed by atoms with Gasteiger partial charge in [-0.15, -0.1) is 0 Å². The molecule has 0 amide bonds. The van der Waals surface area contributed by atoms with Gasteiger partial charge in [0.1, 0.15) is 11.5 Å². The van der Waals surface area contributed by atoms with Crippen molar-refractivity contribution in [1.82, 2.24) is 15.3 Å². The molecule has 2 heterocycles. The molecule has 0 bridgehead atoms. The number of aromatic nitrogens is 2. The Hall–Kier alpha value is -1.32.